The number of hydrogen-bond acceptors (Lipinski definition) is 4. The van der Waals surface area contributed by atoms with Crippen molar-refractivity contribution in [2.24, 2.45) is 11.8 Å². The van der Waals surface area contributed by atoms with E-state index in [1.165, 1.54) is 0 Å². The number of anilines is 2. The molecule has 1 aromatic rings. The number of amides is 4. The minimum absolute atomic E-state index is 0.105. The molecule has 3 aliphatic rings. The van der Waals surface area contributed by atoms with Gasteiger partial charge in [0, 0.05) is 24.3 Å². The van der Waals surface area contributed by atoms with Crippen LogP contribution in [0.15, 0.2) is 36.4 Å². The molecule has 27 heavy (non-hydrogen) atoms. The fourth-order valence-corrected chi connectivity index (χ4v) is 4.01. The molecule has 2 atom stereocenters. The molecule has 1 aromatic carbocycles. The zero-order chi connectivity index (χ0) is 19.0. The highest BCUT2D eigenvalue weighted by atomic mass is 16.2. The monoisotopic (exact) mass is 367 g/mol. The molecule has 2 saturated heterocycles. The van der Waals surface area contributed by atoms with Gasteiger partial charge in [0.05, 0.1) is 11.8 Å². The second kappa shape index (κ2) is 6.98. The molecular formula is C20H21N3O4. The van der Waals surface area contributed by atoms with Crippen molar-refractivity contribution in [1.82, 2.24) is 4.90 Å². The second-order valence-electron chi connectivity index (χ2n) is 7.16. The topological polar surface area (TPSA) is 86.8 Å². The first kappa shape index (κ1) is 17.5. The lowest BCUT2D eigenvalue weighted by Gasteiger charge is -2.17. The van der Waals surface area contributed by atoms with Crippen LogP contribution < -0.4 is 10.2 Å². The van der Waals surface area contributed by atoms with Crippen molar-refractivity contribution in [1.29, 1.82) is 0 Å². The lowest BCUT2D eigenvalue weighted by atomic mass is 9.85. The Morgan fingerprint density at radius 3 is 2.19 bits per heavy atom. The molecule has 140 valence electrons. The molecule has 7 heteroatoms. The molecule has 0 aromatic heterocycles. The van der Waals surface area contributed by atoms with E-state index in [-0.39, 0.29) is 36.1 Å². The largest absolute Gasteiger partial charge is 0.325 e. The zero-order valence-electron chi connectivity index (χ0n) is 14.9. The lowest BCUT2D eigenvalue weighted by molar-refractivity contribution is -0.142. The highest BCUT2D eigenvalue weighted by Crippen LogP contribution is 2.34. The van der Waals surface area contributed by atoms with Gasteiger partial charge in [-0.25, -0.2) is 0 Å². The summed E-state index contributed by atoms with van der Waals surface area (Å²) in [6, 6.07) is 7.00. The number of fused-ring (bicyclic) bond motifs is 1. The Morgan fingerprint density at radius 1 is 1.00 bits per heavy atom. The van der Waals surface area contributed by atoms with E-state index >= 15 is 0 Å². The predicted molar refractivity (Wildman–Crippen MR) is 98.7 cm³/mol. The van der Waals surface area contributed by atoms with Crippen molar-refractivity contribution in [2.45, 2.75) is 25.7 Å². The number of benzene rings is 1. The Morgan fingerprint density at radius 2 is 1.63 bits per heavy atom. The Hall–Kier alpha value is -2.96. The van der Waals surface area contributed by atoms with Crippen LogP contribution in [0.25, 0.3) is 0 Å². The number of nitrogens with one attached hydrogen (secondary N) is 1. The number of nitrogens with zero attached hydrogens (tertiary/aromatic N) is 2. The fraction of sp³-hybridized carbons (Fsp3) is 0.400. The van der Waals surface area contributed by atoms with Gasteiger partial charge in [-0.15, -0.1) is 0 Å². The summed E-state index contributed by atoms with van der Waals surface area (Å²) in [6.45, 7) is 0.442. The van der Waals surface area contributed by atoms with Gasteiger partial charge in [-0.3, -0.25) is 24.1 Å². The second-order valence-corrected chi connectivity index (χ2v) is 7.16. The van der Waals surface area contributed by atoms with Crippen LogP contribution in [0.4, 0.5) is 11.4 Å². The average Bonchev–Trinajstić information content (AvgIpc) is 3.20. The van der Waals surface area contributed by atoms with Crippen molar-refractivity contribution < 1.29 is 19.2 Å². The number of imide groups is 1. The number of allylic oxidation sites excluding steroid dienone is 2. The SMILES string of the molecule is O=C(CN1C(=O)[C@H]2CC=CC[C@@H]2C1=O)Nc1ccc(N2CCCC2=O)cc1. The van der Waals surface area contributed by atoms with Crippen LogP contribution in [0.3, 0.4) is 0 Å². The van der Waals surface area contributed by atoms with Crippen LogP contribution in [-0.2, 0) is 19.2 Å². The van der Waals surface area contributed by atoms with Gasteiger partial charge in [0.25, 0.3) is 0 Å². The van der Waals surface area contributed by atoms with Gasteiger partial charge in [-0.05, 0) is 43.5 Å². The summed E-state index contributed by atoms with van der Waals surface area (Å²) in [4.78, 5) is 51.7. The Labute approximate surface area is 157 Å². The lowest BCUT2D eigenvalue weighted by Crippen LogP contribution is -2.38. The van der Waals surface area contributed by atoms with Gasteiger partial charge in [-0.1, -0.05) is 12.2 Å². The van der Waals surface area contributed by atoms with E-state index < -0.39 is 5.91 Å². The van der Waals surface area contributed by atoms with E-state index in [4.69, 9.17) is 0 Å². The van der Waals surface area contributed by atoms with Crippen molar-refractivity contribution in [3.05, 3.63) is 36.4 Å². The van der Waals surface area contributed by atoms with Crippen LogP contribution in [0.5, 0.6) is 0 Å². The van der Waals surface area contributed by atoms with E-state index in [1.807, 2.05) is 12.2 Å². The van der Waals surface area contributed by atoms with Gasteiger partial charge in [-0.2, -0.15) is 0 Å². The Kier molecular flexibility index (Phi) is 4.51. The van der Waals surface area contributed by atoms with Gasteiger partial charge < -0.3 is 10.2 Å². The van der Waals surface area contributed by atoms with Gasteiger partial charge >= 0.3 is 0 Å². The highest BCUT2D eigenvalue weighted by molar-refractivity contribution is 6.09. The molecule has 0 spiro atoms. The van der Waals surface area contributed by atoms with Crippen LogP contribution in [0, 0.1) is 11.8 Å². The maximum Gasteiger partial charge on any atom is 0.244 e. The number of rotatable bonds is 4. The number of carbonyl (C=O) groups is 4. The van der Waals surface area contributed by atoms with E-state index in [0.29, 0.717) is 31.5 Å². The van der Waals surface area contributed by atoms with E-state index in [2.05, 4.69) is 5.32 Å². The standard InChI is InChI=1S/C20H21N3O4/c24-17(12-23-19(26)15-4-1-2-5-16(15)20(23)27)21-13-7-9-14(10-8-13)22-11-3-6-18(22)25/h1-2,7-10,15-16H,3-6,11-12H2,(H,21,24)/t15-,16-/m0/s1. The Bertz CT molecular complexity index is 804. The molecule has 1 N–H and O–H groups in total. The van der Waals surface area contributed by atoms with Crippen molar-refractivity contribution >= 4 is 35.0 Å². The smallest absolute Gasteiger partial charge is 0.244 e. The first-order valence-electron chi connectivity index (χ1n) is 9.25. The normalized spacial score (nSPS) is 24.5. The molecule has 4 amide bonds. The third kappa shape index (κ3) is 3.25. The molecule has 2 heterocycles. The van der Waals surface area contributed by atoms with Gasteiger partial charge in [0.2, 0.25) is 23.6 Å². The molecule has 7 nitrogen and oxygen atoms in total. The summed E-state index contributed by atoms with van der Waals surface area (Å²) < 4.78 is 0. The molecule has 4 rings (SSSR count). The average molecular weight is 367 g/mol. The van der Waals surface area contributed by atoms with E-state index in [0.717, 1.165) is 17.0 Å². The molecule has 2 aliphatic heterocycles. The highest BCUT2D eigenvalue weighted by Gasteiger charge is 2.47. The summed E-state index contributed by atoms with van der Waals surface area (Å²) in [5, 5.41) is 2.72. The van der Waals surface area contributed by atoms with Crippen molar-refractivity contribution in [2.75, 3.05) is 23.3 Å². The zero-order valence-corrected chi connectivity index (χ0v) is 14.9. The fourth-order valence-electron chi connectivity index (χ4n) is 4.01. The molecular weight excluding hydrogens is 346 g/mol. The summed E-state index contributed by atoms with van der Waals surface area (Å²) in [5.41, 5.74) is 1.37. The first-order chi connectivity index (χ1) is 13.0. The Balaban J connectivity index is 1.37. The van der Waals surface area contributed by atoms with Crippen molar-refractivity contribution in [3.63, 3.8) is 0 Å². The molecule has 0 unspecified atom stereocenters. The van der Waals surface area contributed by atoms with E-state index in [9.17, 15) is 19.2 Å². The van der Waals surface area contributed by atoms with Crippen LogP contribution >= 0.6 is 0 Å². The third-order valence-corrected chi connectivity index (χ3v) is 5.44. The maximum atomic E-state index is 12.4. The van der Waals surface area contributed by atoms with Crippen LogP contribution in [-0.4, -0.2) is 41.6 Å². The maximum absolute atomic E-state index is 12.4. The molecule has 0 radical (unpaired) electrons. The third-order valence-electron chi connectivity index (χ3n) is 5.44. The predicted octanol–water partition coefficient (Wildman–Crippen LogP) is 1.70. The summed E-state index contributed by atoms with van der Waals surface area (Å²) >= 11 is 0. The molecule has 0 saturated carbocycles. The minimum Gasteiger partial charge on any atom is -0.325 e. The minimum atomic E-state index is -0.409. The first-order valence-corrected chi connectivity index (χ1v) is 9.25. The van der Waals surface area contributed by atoms with E-state index in [1.54, 1.807) is 29.2 Å². The quantitative estimate of drug-likeness (QED) is 0.648. The van der Waals surface area contributed by atoms with Gasteiger partial charge in [0.15, 0.2) is 0 Å². The summed E-state index contributed by atoms with van der Waals surface area (Å²) in [6.07, 6.45) is 6.37. The molecule has 1 aliphatic carbocycles. The van der Waals surface area contributed by atoms with Crippen LogP contribution in [0.1, 0.15) is 25.7 Å². The van der Waals surface area contributed by atoms with Crippen molar-refractivity contribution in [3.8, 4) is 0 Å². The molecule has 0 bridgehead atoms. The number of hydrogen-bond donors (Lipinski definition) is 1. The van der Waals surface area contributed by atoms with Gasteiger partial charge in [0.1, 0.15) is 6.54 Å². The number of likely N-dealkylation sites (tertiary alicyclic amines) is 1. The summed E-state index contributed by atoms with van der Waals surface area (Å²) in [7, 11) is 0. The van der Waals surface area contributed by atoms with Crippen LogP contribution in [0.2, 0.25) is 0 Å². The number of carbonyl (C=O) groups excluding carboxylic acids is 4. The molecule has 2 fully saturated rings. The summed E-state index contributed by atoms with van der Waals surface area (Å²) in [5.74, 6) is -1.47.